The molecule has 15 heavy (non-hydrogen) atoms. The highest BCUT2D eigenvalue weighted by Gasteiger charge is 2.08. The molecule has 0 atom stereocenters. The Morgan fingerprint density at radius 1 is 1.40 bits per heavy atom. The van der Waals surface area contributed by atoms with Gasteiger partial charge >= 0.3 is 0 Å². The lowest BCUT2D eigenvalue weighted by molar-refractivity contribution is 0.660. The number of anilines is 1. The van der Waals surface area contributed by atoms with Crippen LogP contribution in [0.15, 0.2) is 24.8 Å². The molecule has 0 fully saturated rings. The summed E-state index contributed by atoms with van der Waals surface area (Å²) in [6, 6.07) is 0. The van der Waals surface area contributed by atoms with Crippen molar-refractivity contribution in [3.05, 3.63) is 24.8 Å². The first-order valence-electron chi connectivity index (χ1n) is 4.65. The van der Waals surface area contributed by atoms with Crippen LogP contribution in [0.4, 0.5) is 5.82 Å². The quantitative estimate of drug-likeness (QED) is 0.566. The smallest absolute Gasteiger partial charge is 0.166 e. The van der Waals surface area contributed by atoms with E-state index in [0.717, 1.165) is 12.1 Å². The van der Waals surface area contributed by atoms with Gasteiger partial charge in [0.2, 0.25) is 0 Å². The SMILES string of the molecule is CCn1cc(-c2nccnc2NN)cn1. The molecule has 3 N–H and O–H groups in total. The molecule has 2 aromatic rings. The van der Waals surface area contributed by atoms with Gasteiger partial charge in [0.1, 0.15) is 5.69 Å². The number of nitrogens with zero attached hydrogens (tertiary/aromatic N) is 4. The molecule has 2 aromatic heterocycles. The average Bonchev–Trinajstić information content (AvgIpc) is 2.77. The molecule has 2 rings (SSSR count). The van der Waals surface area contributed by atoms with E-state index in [1.54, 1.807) is 18.6 Å². The fraction of sp³-hybridized carbons (Fsp3) is 0.222. The number of nitrogens with two attached hydrogens (primary N) is 1. The number of aromatic nitrogens is 4. The van der Waals surface area contributed by atoms with Crippen molar-refractivity contribution in [1.82, 2.24) is 19.7 Å². The van der Waals surface area contributed by atoms with E-state index in [9.17, 15) is 0 Å². The molecule has 0 bridgehead atoms. The first kappa shape index (κ1) is 9.60. The summed E-state index contributed by atoms with van der Waals surface area (Å²) >= 11 is 0. The van der Waals surface area contributed by atoms with Gasteiger partial charge in [-0.2, -0.15) is 5.10 Å². The predicted octanol–water partition coefficient (Wildman–Crippen LogP) is 0.646. The van der Waals surface area contributed by atoms with Gasteiger partial charge in [-0.15, -0.1) is 0 Å². The van der Waals surface area contributed by atoms with Crippen molar-refractivity contribution >= 4 is 5.82 Å². The summed E-state index contributed by atoms with van der Waals surface area (Å²) in [5.74, 6) is 5.90. The molecule has 6 nitrogen and oxygen atoms in total. The van der Waals surface area contributed by atoms with Crippen LogP contribution in [0.5, 0.6) is 0 Å². The van der Waals surface area contributed by atoms with Crippen LogP contribution in [-0.2, 0) is 6.54 Å². The van der Waals surface area contributed by atoms with Crippen LogP contribution >= 0.6 is 0 Å². The summed E-state index contributed by atoms with van der Waals surface area (Å²) in [7, 11) is 0. The highest BCUT2D eigenvalue weighted by molar-refractivity contribution is 5.69. The minimum Gasteiger partial charge on any atom is -0.307 e. The molecule has 78 valence electrons. The highest BCUT2D eigenvalue weighted by Crippen LogP contribution is 2.21. The van der Waals surface area contributed by atoms with E-state index in [-0.39, 0.29) is 0 Å². The van der Waals surface area contributed by atoms with Gasteiger partial charge in [0.05, 0.1) is 6.20 Å². The summed E-state index contributed by atoms with van der Waals surface area (Å²) in [6.07, 6.45) is 6.86. The van der Waals surface area contributed by atoms with Gasteiger partial charge in [-0.05, 0) is 6.92 Å². The van der Waals surface area contributed by atoms with E-state index in [1.807, 2.05) is 17.8 Å². The molecular formula is C9H12N6. The van der Waals surface area contributed by atoms with Gasteiger partial charge in [0.15, 0.2) is 5.82 Å². The second kappa shape index (κ2) is 4.05. The maximum Gasteiger partial charge on any atom is 0.166 e. The Morgan fingerprint density at radius 3 is 2.87 bits per heavy atom. The van der Waals surface area contributed by atoms with Gasteiger partial charge in [0, 0.05) is 30.7 Å². The number of hydrazine groups is 1. The first-order valence-corrected chi connectivity index (χ1v) is 4.65. The van der Waals surface area contributed by atoms with Crippen molar-refractivity contribution in [2.24, 2.45) is 5.84 Å². The number of aryl methyl sites for hydroxylation is 1. The lowest BCUT2D eigenvalue weighted by Crippen LogP contribution is -2.10. The summed E-state index contributed by atoms with van der Waals surface area (Å²) in [4.78, 5) is 8.28. The Balaban J connectivity index is 2.44. The van der Waals surface area contributed by atoms with E-state index in [4.69, 9.17) is 5.84 Å². The molecular weight excluding hydrogens is 192 g/mol. The number of hydrogen-bond donors (Lipinski definition) is 2. The van der Waals surface area contributed by atoms with Crippen molar-refractivity contribution < 1.29 is 0 Å². The van der Waals surface area contributed by atoms with E-state index in [1.165, 1.54) is 0 Å². The second-order valence-electron chi connectivity index (χ2n) is 2.98. The highest BCUT2D eigenvalue weighted by atomic mass is 15.3. The molecule has 0 aliphatic heterocycles. The van der Waals surface area contributed by atoms with Gasteiger partial charge in [-0.1, -0.05) is 0 Å². The third-order valence-electron chi connectivity index (χ3n) is 2.07. The molecule has 0 aliphatic carbocycles. The Labute approximate surface area is 87.1 Å². The van der Waals surface area contributed by atoms with Gasteiger partial charge < -0.3 is 5.43 Å². The van der Waals surface area contributed by atoms with Crippen molar-refractivity contribution in [2.75, 3.05) is 5.43 Å². The van der Waals surface area contributed by atoms with Gasteiger partial charge in [-0.25, -0.2) is 10.8 Å². The zero-order valence-corrected chi connectivity index (χ0v) is 8.38. The largest absolute Gasteiger partial charge is 0.307 e. The van der Waals surface area contributed by atoms with Gasteiger partial charge in [-0.3, -0.25) is 9.67 Å². The standard InChI is InChI=1S/C9H12N6/c1-2-15-6-7(5-13-15)8-9(14-10)12-4-3-11-8/h3-6H,2,10H2,1H3,(H,12,14). The fourth-order valence-electron chi connectivity index (χ4n) is 1.31. The average molecular weight is 204 g/mol. The maximum absolute atomic E-state index is 5.35. The molecule has 0 saturated heterocycles. The lowest BCUT2D eigenvalue weighted by atomic mass is 10.2. The minimum absolute atomic E-state index is 0.549. The molecule has 2 heterocycles. The van der Waals surface area contributed by atoms with Crippen LogP contribution in [0.1, 0.15) is 6.92 Å². The number of nitrogens with one attached hydrogen (secondary N) is 1. The summed E-state index contributed by atoms with van der Waals surface area (Å²) in [6.45, 7) is 2.85. The van der Waals surface area contributed by atoms with Crippen LogP contribution in [0.2, 0.25) is 0 Å². The van der Waals surface area contributed by atoms with Crippen molar-refractivity contribution in [3.63, 3.8) is 0 Å². The number of hydrogen-bond acceptors (Lipinski definition) is 5. The Morgan fingerprint density at radius 2 is 2.20 bits per heavy atom. The van der Waals surface area contributed by atoms with Crippen molar-refractivity contribution in [1.29, 1.82) is 0 Å². The van der Waals surface area contributed by atoms with Gasteiger partial charge in [0.25, 0.3) is 0 Å². The molecule has 0 aliphatic rings. The lowest BCUT2D eigenvalue weighted by Gasteiger charge is -2.02. The van der Waals surface area contributed by atoms with Crippen LogP contribution in [-0.4, -0.2) is 19.7 Å². The molecule has 0 spiro atoms. The summed E-state index contributed by atoms with van der Waals surface area (Å²) in [5, 5.41) is 4.17. The second-order valence-corrected chi connectivity index (χ2v) is 2.98. The van der Waals surface area contributed by atoms with Crippen molar-refractivity contribution in [2.45, 2.75) is 13.5 Å². The normalized spacial score (nSPS) is 10.3. The summed E-state index contributed by atoms with van der Waals surface area (Å²) in [5.41, 5.74) is 4.12. The van der Waals surface area contributed by atoms with E-state index >= 15 is 0 Å². The minimum atomic E-state index is 0.549. The third kappa shape index (κ3) is 1.79. The monoisotopic (exact) mass is 204 g/mol. The number of rotatable bonds is 3. The Bertz CT molecular complexity index is 449. The van der Waals surface area contributed by atoms with Crippen LogP contribution in [0.25, 0.3) is 11.3 Å². The van der Waals surface area contributed by atoms with Crippen LogP contribution < -0.4 is 11.3 Å². The molecule has 0 radical (unpaired) electrons. The van der Waals surface area contributed by atoms with E-state index < -0.39 is 0 Å². The topological polar surface area (TPSA) is 81.7 Å². The molecule has 6 heteroatoms. The summed E-state index contributed by atoms with van der Waals surface area (Å²) < 4.78 is 1.82. The maximum atomic E-state index is 5.35. The third-order valence-corrected chi connectivity index (χ3v) is 2.07. The Hall–Kier alpha value is -1.95. The first-order chi connectivity index (χ1) is 7.35. The Kier molecular flexibility index (Phi) is 2.59. The van der Waals surface area contributed by atoms with Crippen LogP contribution in [0, 0.1) is 0 Å². The zero-order chi connectivity index (χ0) is 10.7. The van der Waals surface area contributed by atoms with Crippen molar-refractivity contribution in [3.8, 4) is 11.3 Å². The molecule has 0 aromatic carbocycles. The van der Waals surface area contributed by atoms with Crippen LogP contribution in [0.3, 0.4) is 0 Å². The number of nitrogen functional groups attached to an aromatic ring is 1. The van der Waals surface area contributed by atoms with E-state index in [0.29, 0.717) is 11.5 Å². The molecule has 0 unspecified atom stereocenters. The zero-order valence-electron chi connectivity index (χ0n) is 8.38. The molecule has 0 amide bonds. The molecule has 0 saturated carbocycles. The predicted molar refractivity (Wildman–Crippen MR) is 56.7 cm³/mol. The van der Waals surface area contributed by atoms with E-state index in [2.05, 4.69) is 20.5 Å². The fourth-order valence-corrected chi connectivity index (χ4v) is 1.31.